The Morgan fingerprint density at radius 2 is 2.11 bits per heavy atom. The van der Waals surface area contributed by atoms with Gasteiger partial charge in [-0.25, -0.2) is 0 Å². The predicted octanol–water partition coefficient (Wildman–Crippen LogP) is 4.30. The molecular weight excluding hydrogens is 242 g/mol. The van der Waals surface area contributed by atoms with Crippen LogP contribution < -0.4 is 5.32 Å². The fourth-order valence-electron chi connectivity index (χ4n) is 2.67. The highest BCUT2D eigenvalue weighted by Gasteiger charge is 2.27. The Kier molecular flexibility index (Phi) is 5.08. The van der Waals surface area contributed by atoms with E-state index in [4.69, 9.17) is 11.6 Å². The highest BCUT2D eigenvalue weighted by molar-refractivity contribution is 6.30. The lowest BCUT2D eigenvalue weighted by Gasteiger charge is -2.34. The molecule has 2 rings (SSSR count). The molecule has 1 saturated carbocycles. The molecule has 0 spiro atoms. The Bertz CT molecular complexity index is 371. The van der Waals surface area contributed by atoms with E-state index in [1.165, 1.54) is 24.8 Å². The molecule has 0 aromatic heterocycles. The van der Waals surface area contributed by atoms with Gasteiger partial charge < -0.3 is 5.32 Å². The van der Waals surface area contributed by atoms with Gasteiger partial charge in [0.15, 0.2) is 0 Å². The van der Waals surface area contributed by atoms with Gasteiger partial charge >= 0.3 is 0 Å². The molecule has 1 atom stereocenters. The van der Waals surface area contributed by atoms with Crippen molar-refractivity contribution in [3.8, 4) is 0 Å². The van der Waals surface area contributed by atoms with E-state index in [9.17, 15) is 0 Å². The van der Waals surface area contributed by atoms with E-state index in [1.807, 2.05) is 6.07 Å². The van der Waals surface area contributed by atoms with Gasteiger partial charge in [0.25, 0.3) is 0 Å². The molecule has 1 N–H and O–H groups in total. The molecule has 1 aromatic carbocycles. The topological polar surface area (TPSA) is 12.0 Å². The summed E-state index contributed by atoms with van der Waals surface area (Å²) in [7, 11) is 0. The highest BCUT2D eigenvalue weighted by Crippen LogP contribution is 2.35. The summed E-state index contributed by atoms with van der Waals surface area (Å²) in [6.07, 6.45) is 5.39. The minimum atomic E-state index is 0.576. The van der Waals surface area contributed by atoms with Crippen molar-refractivity contribution in [3.05, 3.63) is 34.9 Å². The number of hydrogen-bond donors (Lipinski definition) is 1. The normalized spacial score (nSPS) is 17.8. The minimum absolute atomic E-state index is 0.576. The summed E-state index contributed by atoms with van der Waals surface area (Å²) in [6.45, 7) is 5.57. The van der Waals surface area contributed by atoms with Crippen molar-refractivity contribution in [2.45, 2.75) is 45.6 Å². The highest BCUT2D eigenvalue weighted by atomic mass is 35.5. The van der Waals surface area contributed by atoms with Crippen LogP contribution in [-0.2, 0) is 6.42 Å². The molecule has 1 aliphatic rings. The Hall–Kier alpha value is -0.530. The van der Waals surface area contributed by atoms with Crippen LogP contribution in [0, 0.1) is 11.8 Å². The zero-order chi connectivity index (χ0) is 13.0. The lowest BCUT2D eigenvalue weighted by Crippen LogP contribution is -2.36. The van der Waals surface area contributed by atoms with E-state index in [1.54, 1.807) is 0 Å². The van der Waals surface area contributed by atoms with Crippen LogP contribution in [0.2, 0.25) is 5.02 Å². The molecule has 0 saturated heterocycles. The van der Waals surface area contributed by atoms with Gasteiger partial charge in [0.2, 0.25) is 0 Å². The SMILES string of the molecule is CC(C)NCC(Cc1cccc(Cl)c1)C1CCC1. The molecular formula is C16H24ClN. The molecule has 100 valence electrons. The molecule has 0 amide bonds. The third kappa shape index (κ3) is 4.00. The van der Waals surface area contributed by atoms with E-state index in [0.717, 1.165) is 29.8 Å². The molecule has 1 unspecified atom stereocenters. The summed E-state index contributed by atoms with van der Waals surface area (Å²) >= 11 is 6.07. The standard InChI is InChI=1S/C16H24ClN/c1-12(2)18-11-15(14-6-4-7-14)9-13-5-3-8-16(17)10-13/h3,5,8,10,12,14-15,18H,4,6-7,9,11H2,1-2H3. The van der Waals surface area contributed by atoms with Crippen molar-refractivity contribution in [3.63, 3.8) is 0 Å². The maximum absolute atomic E-state index is 6.07. The minimum Gasteiger partial charge on any atom is -0.314 e. The van der Waals surface area contributed by atoms with Gasteiger partial charge in [-0.3, -0.25) is 0 Å². The summed E-state index contributed by atoms with van der Waals surface area (Å²) < 4.78 is 0. The number of benzene rings is 1. The van der Waals surface area contributed by atoms with Crippen LogP contribution in [0.1, 0.15) is 38.7 Å². The van der Waals surface area contributed by atoms with Crippen LogP contribution in [0.5, 0.6) is 0 Å². The van der Waals surface area contributed by atoms with Gasteiger partial charge in [-0.1, -0.05) is 56.8 Å². The molecule has 0 radical (unpaired) electrons. The molecule has 2 heteroatoms. The van der Waals surface area contributed by atoms with Gasteiger partial charge in [0, 0.05) is 11.1 Å². The van der Waals surface area contributed by atoms with E-state index < -0.39 is 0 Å². The zero-order valence-electron chi connectivity index (χ0n) is 11.5. The summed E-state index contributed by atoms with van der Waals surface area (Å²) in [5.41, 5.74) is 1.38. The maximum atomic E-state index is 6.07. The number of nitrogens with one attached hydrogen (secondary N) is 1. The summed E-state index contributed by atoms with van der Waals surface area (Å²) in [5.74, 6) is 1.68. The Labute approximate surface area is 116 Å². The second-order valence-electron chi connectivity index (χ2n) is 5.85. The summed E-state index contributed by atoms with van der Waals surface area (Å²) in [5, 5.41) is 4.45. The molecule has 1 aromatic rings. The van der Waals surface area contributed by atoms with Crippen molar-refractivity contribution in [1.82, 2.24) is 5.32 Å². The van der Waals surface area contributed by atoms with Gasteiger partial charge in [-0.15, -0.1) is 0 Å². The maximum Gasteiger partial charge on any atom is 0.0408 e. The number of hydrogen-bond acceptors (Lipinski definition) is 1. The van der Waals surface area contributed by atoms with E-state index in [2.05, 4.69) is 37.4 Å². The van der Waals surface area contributed by atoms with E-state index in [0.29, 0.717) is 6.04 Å². The van der Waals surface area contributed by atoms with Gasteiger partial charge in [-0.2, -0.15) is 0 Å². The van der Waals surface area contributed by atoms with Crippen LogP contribution in [0.15, 0.2) is 24.3 Å². The monoisotopic (exact) mass is 265 g/mol. The molecule has 1 nitrogen and oxygen atoms in total. The fourth-order valence-corrected chi connectivity index (χ4v) is 2.88. The third-order valence-electron chi connectivity index (χ3n) is 3.99. The Balaban J connectivity index is 1.95. The summed E-state index contributed by atoms with van der Waals surface area (Å²) in [6, 6.07) is 8.91. The second-order valence-corrected chi connectivity index (χ2v) is 6.28. The van der Waals surface area contributed by atoms with Crippen molar-refractivity contribution in [2.75, 3.05) is 6.54 Å². The van der Waals surface area contributed by atoms with Gasteiger partial charge in [0.05, 0.1) is 0 Å². The number of halogens is 1. The van der Waals surface area contributed by atoms with Gasteiger partial charge in [-0.05, 0) is 42.5 Å². The average Bonchev–Trinajstić information content (AvgIpc) is 2.23. The Morgan fingerprint density at radius 1 is 1.33 bits per heavy atom. The lowest BCUT2D eigenvalue weighted by atomic mass is 9.73. The molecule has 0 heterocycles. The lowest BCUT2D eigenvalue weighted by molar-refractivity contribution is 0.197. The van der Waals surface area contributed by atoms with Gasteiger partial charge in [0.1, 0.15) is 0 Å². The van der Waals surface area contributed by atoms with Crippen molar-refractivity contribution in [1.29, 1.82) is 0 Å². The number of rotatable bonds is 6. The first-order chi connectivity index (χ1) is 8.65. The van der Waals surface area contributed by atoms with Crippen molar-refractivity contribution >= 4 is 11.6 Å². The first-order valence-electron chi connectivity index (χ1n) is 7.13. The largest absolute Gasteiger partial charge is 0.314 e. The molecule has 0 aliphatic heterocycles. The first kappa shape index (κ1) is 13.9. The molecule has 1 fully saturated rings. The van der Waals surface area contributed by atoms with Crippen LogP contribution in [0.4, 0.5) is 0 Å². The predicted molar refractivity (Wildman–Crippen MR) is 79.1 cm³/mol. The fraction of sp³-hybridized carbons (Fsp3) is 0.625. The van der Waals surface area contributed by atoms with Crippen LogP contribution in [-0.4, -0.2) is 12.6 Å². The zero-order valence-corrected chi connectivity index (χ0v) is 12.2. The quantitative estimate of drug-likeness (QED) is 0.809. The smallest absolute Gasteiger partial charge is 0.0408 e. The molecule has 0 bridgehead atoms. The summed E-state index contributed by atoms with van der Waals surface area (Å²) in [4.78, 5) is 0. The first-order valence-corrected chi connectivity index (χ1v) is 7.51. The molecule has 1 aliphatic carbocycles. The molecule has 18 heavy (non-hydrogen) atoms. The average molecular weight is 266 g/mol. The van der Waals surface area contributed by atoms with E-state index >= 15 is 0 Å². The van der Waals surface area contributed by atoms with E-state index in [-0.39, 0.29) is 0 Å². The van der Waals surface area contributed by atoms with Crippen LogP contribution in [0.25, 0.3) is 0 Å². The van der Waals surface area contributed by atoms with Crippen LogP contribution in [0.3, 0.4) is 0 Å². The Morgan fingerprint density at radius 3 is 2.67 bits per heavy atom. The second kappa shape index (κ2) is 6.58. The van der Waals surface area contributed by atoms with Crippen LogP contribution >= 0.6 is 11.6 Å². The van der Waals surface area contributed by atoms with Crippen molar-refractivity contribution in [2.24, 2.45) is 11.8 Å². The third-order valence-corrected chi connectivity index (χ3v) is 4.23. The van der Waals surface area contributed by atoms with Crippen molar-refractivity contribution < 1.29 is 0 Å².